The number of aromatic nitrogens is 5. The molecule has 0 saturated heterocycles. The van der Waals surface area contributed by atoms with Crippen LogP contribution in [0.15, 0.2) is 84.4 Å². The van der Waals surface area contributed by atoms with E-state index in [0.29, 0.717) is 34.5 Å². The first kappa shape index (κ1) is 21.0. The minimum absolute atomic E-state index is 0.201. The van der Waals surface area contributed by atoms with Crippen molar-refractivity contribution in [1.82, 2.24) is 23.9 Å². The summed E-state index contributed by atoms with van der Waals surface area (Å²) in [6.07, 6.45) is 9.09. The first-order valence-corrected chi connectivity index (χ1v) is 12.0. The molecule has 164 valence electrons. The summed E-state index contributed by atoms with van der Waals surface area (Å²) in [6.45, 7) is 3.90. The van der Waals surface area contributed by atoms with E-state index in [9.17, 15) is 8.42 Å². The summed E-state index contributed by atoms with van der Waals surface area (Å²) < 4.78 is 28.4. The molecular weight excluding hydrogens is 434 g/mol. The average molecular weight is 456 g/mol. The fourth-order valence-electron chi connectivity index (χ4n) is 3.70. The van der Waals surface area contributed by atoms with Crippen LogP contribution in [0.3, 0.4) is 0 Å². The van der Waals surface area contributed by atoms with E-state index in [4.69, 9.17) is 0 Å². The van der Waals surface area contributed by atoms with E-state index in [2.05, 4.69) is 19.9 Å². The Bertz CT molecular complexity index is 1560. The van der Waals surface area contributed by atoms with Gasteiger partial charge in [-0.3, -0.25) is 4.98 Å². The number of nitrogens with zero attached hydrogens (tertiary/aromatic N) is 5. The van der Waals surface area contributed by atoms with Gasteiger partial charge in [-0.2, -0.15) is 0 Å². The number of hydrogen-bond acceptors (Lipinski definition) is 6. The summed E-state index contributed by atoms with van der Waals surface area (Å²) >= 11 is 0. The highest BCUT2D eigenvalue weighted by Crippen LogP contribution is 2.33. The maximum absolute atomic E-state index is 13.6. The van der Waals surface area contributed by atoms with Crippen molar-refractivity contribution in [2.75, 3.05) is 0 Å². The van der Waals surface area contributed by atoms with Crippen molar-refractivity contribution in [3.05, 3.63) is 90.9 Å². The highest BCUT2D eigenvalue weighted by Gasteiger charge is 2.24. The Hall–Kier alpha value is -3.91. The van der Waals surface area contributed by atoms with Crippen LogP contribution in [0.2, 0.25) is 0 Å². The third-order valence-electron chi connectivity index (χ3n) is 5.48. The van der Waals surface area contributed by atoms with Crippen LogP contribution in [0, 0.1) is 6.92 Å². The standard InChI is InChI=1S/C25H21N5O2S/c1-3-24-27-12-10-23(29-24)22-16-30(33(31,32)20-8-6-17(2)7-9-20)25-21(22)13-19(15-28-25)18-5-4-11-26-14-18/h4-16H,3H2,1-2H3. The molecular formula is C25H21N5O2S. The molecule has 0 fully saturated rings. The second-order valence-electron chi connectivity index (χ2n) is 7.71. The van der Waals surface area contributed by atoms with Crippen molar-refractivity contribution in [3.63, 3.8) is 0 Å². The third-order valence-corrected chi connectivity index (χ3v) is 7.15. The number of pyridine rings is 2. The van der Waals surface area contributed by atoms with Gasteiger partial charge in [0.05, 0.1) is 10.6 Å². The summed E-state index contributed by atoms with van der Waals surface area (Å²) in [5.74, 6) is 0.686. The second kappa shape index (κ2) is 8.22. The molecule has 0 amide bonds. The molecule has 33 heavy (non-hydrogen) atoms. The zero-order valence-electron chi connectivity index (χ0n) is 18.2. The van der Waals surface area contributed by atoms with Crippen LogP contribution in [0.4, 0.5) is 0 Å². The number of benzene rings is 1. The van der Waals surface area contributed by atoms with Gasteiger partial charge in [0.2, 0.25) is 0 Å². The van der Waals surface area contributed by atoms with E-state index in [1.807, 2.05) is 32.0 Å². The van der Waals surface area contributed by atoms with Crippen molar-refractivity contribution >= 4 is 21.1 Å². The van der Waals surface area contributed by atoms with Crippen molar-refractivity contribution in [2.45, 2.75) is 25.2 Å². The smallest absolute Gasteiger partial charge is 0.264 e. The maximum atomic E-state index is 13.6. The molecule has 7 nitrogen and oxygen atoms in total. The Labute approximate surface area is 191 Å². The summed E-state index contributed by atoms with van der Waals surface area (Å²) in [4.78, 5) is 17.9. The fourth-order valence-corrected chi connectivity index (χ4v) is 5.03. The van der Waals surface area contributed by atoms with Crippen LogP contribution < -0.4 is 0 Å². The fraction of sp³-hybridized carbons (Fsp3) is 0.120. The van der Waals surface area contributed by atoms with Gasteiger partial charge in [0.1, 0.15) is 5.82 Å². The molecule has 0 bridgehead atoms. The molecule has 1 aromatic carbocycles. The summed E-state index contributed by atoms with van der Waals surface area (Å²) in [5, 5.41) is 0.688. The van der Waals surface area contributed by atoms with Crippen molar-refractivity contribution in [1.29, 1.82) is 0 Å². The van der Waals surface area contributed by atoms with Gasteiger partial charge in [0.15, 0.2) is 5.65 Å². The zero-order chi connectivity index (χ0) is 23.0. The summed E-state index contributed by atoms with van der Waals surface area (Å²) in [7, 11) is -3.86. The lowest BCUT2D eigenvalue weighted by molar-refractivity contribution is 0.589. The molecule has 0 N–H and O–H groups in total. The molecule has 5 aromatic rings. The van der Waals surface area contributed by atoms with Crippen LogP contribution in [0.25, 0.3) is 33.4 Å². The first-order chi connectivity index (χ1) is 16.0. The molecule has 4 aromatic heterocycles. The Balaban J connectivity index is 1.78. The normalized spacial score (nSPS) is 11.7. The van der Waals surface area contributed by atoms with Gasteiger partial charge in [0.25, 0.3) is 10.0 Å². The van der Waals surface area contributed by atoms with Gasteiger partial charge < -0.3 is 0 Å². The molecule has 0 radical (unpaired) electrons. The molecule has 0 atom stereocenters. The van der Waals surface area contributed by atoms with Gasteiger partial charge in [-0.1, -0.05) is 30.7 Å². The number of fused-ring (bicyclic) bond motifs is 1. The minimum atomic E-state index is -3.86. The lowest BCUT2D eigenvalue weighted by Crippen LogP contribution is -2.12. The van der Waals surface area contributed by atoms with E-state index < -0.39 is 10.0 Å². The predicted octanol–water partition coefficient (Wildman–Crippen LogP) is 4.66. The monoisotopic (exact) mass is 455 g/mol. The van der Waals surface area contributed by atoms with E-state index in [-0.39, 0.29) is 4.90 Å². The second-order valence-corrected chi connectivity index (χ2v) is 9.52. The highest BCUT2D eigenvalue weighted by molar-refractivity contribution is 7.90. The Morgan fingerprint density at radius 3 is 2.48 bits per heavy atom. The summed E-state index contributed by atoms with van der Waals surface area (Å²) in [6, 6.07) is 14.3. The number of hydrogen-bond donors (Lipinski definition) is 0. The van der Waals surface area contributed by atoms with Crippen LogP contribution in [-0.2, 0) is 16.4 Å². The number of rotatable bonds is 5. The predicted molar refractivity (Wildman–Crippen MR) is 127 cm³/mol. The van der Waals surface area contributed by atoms with Crippen LogP contribution in [-0.4, -0.2) is 32.3 Å². The van der Waals surface area contributed by atoms with Crippen molar-refractivity contribution in [2.24, 2.45) is 0 Å². The van der Waals surface area contributed by atoms with E-state index in [1.54, 1.807) is 61.3 Å². The van der Waals surface area contributed by atoms with Gasteiger partial charge >= 0.3 is 0 Å². The molecule has 4 heterocycles. The molecule has 0 aliphatic rings. The van der Waals surface area contributed by atoms with Gasteiger partial charge in [-0.05, 0) is 37.3 Å². The lowest BCUT2D eigenvalue weighted by atomic mass is 10.1. The molecule has 0 spiro atoms. The molecule has 5 rings (SSSR count). The lowest BCUT2D eigenvalue weighted by Gasteiger charge is -2.08. The quantitative estimate of drug-likeness (QED) is 0.383. The Morgan fingerprint density at radius 1 is 0.939 bits per heavy atom. The SMILES string of the molecule is CCc1nccc(-c2cn(S(=O)(=O)c3ccc(C)cc3)c3ncc(-c4cccnc4)cc23)n1. The van der Waals surface area contributed by atoms with Crippen LogP contribution in [0.1, 0.15) is 18.3 Å². The van der Waals surface area contributed by atoms with Crippen LogP contribution >= 0.6 is 0 Å². The Kier molecular flexibility index (Phi) is 5.22. The molecule has 8 heteroatoms. The summed E-state index contributed by atoms with van der Waals surface area (Å²) in [5.41, 5.74) is 4.39. The zero-order valence-corrected chi connectivity index (χ0v) is 19.0. The van der Waals surface area contributed by atoms with Gasteiger partial charge in [-0.15, -0.1) is 0 Å². The van der Waals surface area contributed by atoms with E-state index >= 15 is 0 Å². The third kappa shape index (κ3) is 3.78. The largest absolute Gasteiger partial charge is 0.269 e. The number of aryl methyl sites for hydroxylation is 2. The van der Waals surface area contributed by atoms with E-state index in [0.717, 1.165) is 16.7 Å². The topological polar surface area (TPSA) is 90.6 Å². The molecule has 0 saturated carbocycles. The minimum Gasteiger partial charge on any atom is -0.264 e. The van der Waals surface area contributed by atoms with Crippen molar-refractivity contribution < 1.29 is 8.42 Å². The van der Waals surface area contributed by atoms with Crippen molar-refractivity contribution in [3.8, 4) is 22.4 Å². The first-order valence-electron chi connectivity index (χ1n) is 10.5. The maximum Gasteiger partial charge on any atom is 0.269 e. The molecule has 0 aliphatic heterocycles. The molecule has 0 aliphatic carbocycles. The van der Waals surface area contributed by atoms with Gasteiger partial charge in [0, 0.05) is 59.5 Å². The average Bonchev–Trinajstić information content (AvgIpc) is 3.25. The van der Waals surface area contributed by atoms with Gasteiger partial charge in [-0.25, -0.2) is 27.3 Å². The Morgan fingerprint density at radius 2 is 1.76 bits per heavy atom. The molecule has 0 unspecified atom stereocenters. The van der Waals surface area contributed by atoms with E-state index in [1.165, 1.54) is 3.97 Å². The highest BCUT2D eigenvalue weighted by atomic mass is 32.2. The van der Waals surface area contributed by atoms with Crippen LogP contribution in [0.5, 0.6) is 0 Å².